The van der Waals surface area contributed by atoms with Crippen molar-refractivity contribution in [3.05, 3.63) is 24.5 Å². The second-order valence-electron chi connectivity index (χ2n) is 1.60. The first-order valence-electron chi connectivity index (χ1n) is 2.39. The van der Waals surface area contributed by atoms with Crippen LogP contribution in [0.2, 0.25) is 0 Å². The summed E-state index contributed by atoms with van der Waals surface area (Å²) >= 11 is 0. The summed E-state index contributed by atoms with van der Waals surface area (Å²) < 4.78 is 29.1. The van der Waals surface area contributed by atoms with Crippen LogP contribution in [-0.4, -0.2) is 18.0 Å². The van der Waals surface area contributed by atoms with Crippen LogP contribution in [0.3, 0.4) is 0 Å². The van der Waals surface area contributed by atoms with Crippen LogP contribution in [0.15, 0.2) is 23.4 Å². The average Bonchev–Trinajstić information content (AvgIpc) is 1.88. The van der Waals surface area contributed by atoms with Gasteiger partial charge in [0, 0.05) is 18.5 Å². The molecule has 0 unspecified atom stereocenters. The highest BCUT2D eigenvalue weighted by atomic mass is 32.2. The maximum absolute atomic E-state index is 10.3. The van der Waals surface area contributed by atoms with Gasteiger partial charge in [0.1, 0.15) is 4.90 Å². The SMILES string of the molecule is O=S(=O)(O)c1c[c]cnc1. The van der Waals surface area contributed by atoms with Gasteiger partial charge in [-0.3, -0.25) is 9.54 Å². The smallest absolute Gasteiger partial charge is 0.282 e. The molecule has 1 rings (SSSR count). The van der Waals surface area contributed by atoms with Crippen LogP contribution in [0.25, 0.3) is 0 Å². The molecule has 0 bridgehead atoms. The molecule has 0 saturated heterocycles. The third-order valence-electron chi connectivity index (χ3n) is 0.874. The highest BCUT2D eigenvalue weighted by Crippen LogP contribution is 2.02. The Kier molecular flexibility index (Phi) is 1.69. The lowest BCUT2D eigenvalue weighted by molar-refractivity contribution is 0.483. The fraction of sp³-hybridized carbons (Fsp3) is 0. The summed E-state index contributed by atoms with van der Waals surface area (Å²) in [4.78, 5) is 3.22. The molecule has 0 amide bonds. The molecule has 0 aromatic carbocycles. The molecule has 53 valence electrons. The van der Waals surface area contributed by atoms with Gasteiger partial charge in [-0.2, -0.15) is 8.42 Å². The first-order chi connectivity index (χ1) is 4.61. The summed E-state index contributed by atoms with van der Waals surface area (Å²) in [6.07, 6.45) is 2.35. The number of hydrogen-bond acceptors (Lipinski definition) is 3. The normalized spacial score (nSPS) is 11.3. The summed E-state index contributed by atoms with van der Waals surface area (Å²) in [7, 11) is -4.10. The molecular weight excluding hydrogens is 154 g/mol. The van der Waals surface area contributed by atoms with E-state index in [4.69, 9.17) is 4.55 Å². The molecule has 5 heteroatoms. The Morgan fingerprint density at radius 1 is 1.60 bits per heavy atom. The maximum Gasteiger partial charge on any atom is 0.296 e. The average molecular weight is 158 g/mol. The molecule has 0 aliphatic heterocycles. The minimum Gasteiger partial charge on any atom is -0.282 e. The van der Waals surface area contributed by atoms with Crippen LogP contribution >= 0.6 is 0 Å². The van der Waals surface area contributed by atoms with Crippen LogP contribution in [0.4, 0.5) is 0 Å². The lowest BCUT2D eigenvalue weighted by Gasteiger charge is -1.91. The molecule has 0 aliphatic rings. The molecule has 0 fully saturated rings. The van der Waals surface area contributed by atoms with Gasteiger partial charge in [-0.15, -0.1) is 0 Å². The first kappa shape index (κ1) is 7.17. The van der Waals surface area contributed by atoms with Gasteiger partial charge < -0.3 is 0 Å². The molecule has 0 aliphatic carbocycles. The fourth-order valence-corrected chi connectivity index (χ4v) is 0.863. The molecule has 1 radical (unpaired) electrons. The van der Waals surface area contributed by atoms with Crippen LogP contribution in [0.5, 0.6) is 0 Å². The van der Waals surface area contributed by atoms with Crippen molar-refractivity contribution in [1.82, 2.24) is 4.98 Å². The highest BCUT2D eigenvalue weighted by Gasteiger charge is 2.06. The van der Waals surface area contributed by atoms with Crippen molar-refractivity contribution >= 4 is 10.1 Å². The number of pyridine rings is 1. The molecule has 1 aromatic rings. The zero-order valence-electron chi connectivity index (χ0n) is 4.85. The third-order valence-corrected chi connectivity index (χ3v) is 1.69. The molecule has 1 N–H and O–H groups in total. The Hall–Kier alpha value is -0.940. The summed E-state index contributed by atoms with van der Waals surface area (Å²) in [6, 6.07) is 3.56. The molecule has 10 heavy (non-hydrogen) atoms. The van der Waals surface area contributed by atoms with Gasteiger partial charge in [0.15, 0.2) is 0 Å². The van der Waals surface area contributed by atoms with Crippen LogP contribution in [0, 0.1) is 6.07 Å². The van der Waals surface area contributed by atoms with E-state index in [2.05, 4.69) is 11.1 Å². The molecule has 0 atom stereocenters. The second-order valence-corrected chi connectivity index (χ2v) is 3.02. The predicted molar refractivity (Wildman–Crippen MR) is 32.9 cm³/mol. The molecule has 1 heterocycles. The minimum atomic E-state index is -4.10. The van der Waals surface area contributed by atoms with Crippen molar-refractivity contribution in [2.24, 2.45) is 0 Å². The summed E-state index contributed by atoms with van der Waals surface area (Å²) in [5, 5.41) is 0. The number of hydrogen-bond donors (Lipinski definition) is 1. The van der Waals surface area contributed by atoms with Gasteiger partial charge in [-0.25, -0.2) is 0 Å². The molecule has 1 aromatic heterocycles. The Morgan fingerprint density at radius 2 is 2.30 bits per heavy atom. The Bertz CT molecular complexity index is 305. The zero-order valence-corrected chi connectivity index (χ0v) is 5.67. The van der Waals surface area contributed by atoms with Crippen LogP contribution in [-0.2, 0) is 10.1 Å². The van der Waals surface area contributed by atoms with E-state index in [0.29, 0.717) is 0 Å². The van der Waals surface area contributed by atoms with E-state index in [0.717, 1.165) is 12.3 Å². The Morgan fingerprint density at radius 3 is 2.60 bits per heavy atom. The number of aromatic nitrogens is 1. The summed E-state index contributed by atoms with van der Waals surface area (Å²) in [6.45, 7) is 0. The number of rotatable bonds is 1. The van der Waals surface area contributed by atoms with Crippen LogP contribution < -0.4 is 0 Å². The molecule has 0 spiro atoms. The second kappa shape index (κ2) is 2.36. The van der Waals surface area contributed by atoms with Gasteiger partial charge in [0.25, 0.3) is 10.1 Å². The largest absolute Gasteiger partial charge is 0.296 e. The molecular formula is C5H4NO3S. The van der Waals surface area contributed by atoms with E-state index in [1.807, 2.05) is 0 Å². The highest BCUT2D eigenvalue weighted by molar-refractivity contribution is 7.85. The van der Waals surface area contributed by atoms with Gasteiger partial charge >= 0.3 is 0 Å². The quantitative estimate of drug-likeness (QED) is 0.590. The number of nitrogens with zero attached hydrogens (tertiary/aromatic N) is 1. The van der Waals surface area contributed by atoms with Crippen molar-refractivity contribution in [1.29, 1.82) is 0 Å². The van der Waals surface area contributed by atoms with Gasteiger partial charge in [-0.1, -0.05) is 0 Å². The van der Waals surface area contributed by atoms with E-state index < -0.39 is 10.1 Å². The van der Waals surface area contributed by atoms with E-state index in [1.54, 1.807) is 0 Å². The monoisotopic (exact) mass is 158 g/mol. The summed E-state index contributed by atoms with van der Waals surface area (Å²) in [5.41, 5.74) is 0. The van der Waals surface area contributed by atoms with Crippen molar-refractivity contribution in [2.75, 3.05) is 0 Å². The lowest BCUT2D eigenvalue weighted by Crippen LogP contribution is -1.97. The van der Waals surface area contributed by atoms with Crippen molar-refractivity contribution in [3.8, 4) is 0 Å². The molecule has 0 saturated carbocycles. The lowest BCUT2D eigenvalue weighted by atomic mass is 10.5. The fourth-order valence-electron chi connectivity index (χ4n) is 0.452. The van der Waals surface area contributed by atoms with E-state index in [1.165, 1.54) is 6.20 Å². The van der Waals surface area contributed by atoms with Gasteiger partial charge in [-0.05, 0) is 6.07 Å². The molecule has 4 nitrogen and oxygen atoms in total. The van der Waals surface area contributed by atoms with E-state index in [9.17, 15) is 8.42 Å². The van der Waals surface area contributed by atoms with Crippen molar-refractivity contribution in [3.63, 3.8) is 0 Å². The summed E-state index contributed by atoms with van der Waals surface area (Å²) in [5.74, 6) is 0. The standard InChI is InChI=1S/C5H4NO3S/c7-10(8,9)5-2-1-3-6-4-5/h2-4H,(H,7,8,9). The predicted octanol–water partition coefficient (Wildman–Crippen LogP) is 0.128. The van der Waals surface area contributed by atoms with Crippen molar-refractivity contribution < 1.29 is 13.0 Å². The topological polar surface area (TPSA) is 67.3 Å². The van der Waals surface area contributed by atoms with Crippen LogP contribution in [0.1, 0.15) is 0 Å². The maximum atomic E-state index is 10.3. The minimum absolute atomic E-state index is 0.241. The van der Waals surface area contributed by atoms with E-state index in [-0.39, 0.29) is 4.90 Å². The Labute approximate surface area is 58.3 Å². The zero-order chi connectivity index (χ0) is 7.61. The van der Waals surface area contributed by atoms with Gasteiger partial charge in [0.05, 0.1) is 0 Å². The first-order valence-corrected chi connectivity index (χ1v) is 3.83. The van der Waals surface area contributed by atoms with Gasteiger partial charge in [0.2, 0.25) is 0 Å². The van der Waals surface area contributed by atoms with E-state index >= 15 is 0 Å². The van der Waals surface area contributed by atoms with Crippen molar-refractivity contribution in [2.45, 2.75) is 4.90 Å². The Balaban J connectivity index is 3.22. The third kappa shape index (κ3) is 1.52.